The van der Waals surface area contributed by atoms with Gasteiger partial charge in [0, 0.05) is 12.1 Å². The number of halogens is 1. The van der Waals surface area contributed by atoms with Crippen molar-refractivity contribution in [2.75, 3.05) is 5.75 Å². The first-order valence-electron chi connectivity index (χ1n) is 7.09. The van der Waals surface area contributed by atoms with Crippen LogP contribution in [0, 0.1) is 12.7 Å². The highest BCUT2D eigenvalue weighted by Crippen LogP contribution is 2.37. The molecule has 1 saturated carbocycles. The molecule has 112 valence electrons. The topological polar surface area (TPSA) is 55.1 Å². The van der Waals surface area contributed by atoms with Crippen molar-refractivity contribution in [2.24, 2.45) is 0 Å². The molecule has 6 heteroatoms. The maximum atomic E-state index is 13.7. The first kappa shape index (κ1) is 14.4. The van der Waals surface area contributed by atoms with Crippen molar-refractivity contribution < 1.29 is 14.3 Å². The van der Waals surface area contributed by atoms with Crippen LogP contribution >= 0.6 is 11.8 Å². The van der Waals surface area contributed by atoms with E-state index in [1.807, 2.05) is 6.07 Å². The van der Waals surface area contributed by atoms with E-state index in [9.17, 15) is 9.18 Å². The smallest absolute Gasteiger partial charge is 0.313 e. The number of carboxylic acids is 1. The molecule has 0 unspecified atom stereocenters. The molecule has 0 radical (unpaired) electrons. The fraction of sp³-hybridized carbons (Fsp3) is 0.467. The number of hydrogen-bond acceptors (Lipinski definition) is 3. The van der Waals surface area contributed by atoms with Gasteiger partial charge in [0.1, 0.15) is 5.82 Å². The number of aryl methyl sites for hydroxylation is 1. The number of rotatable bonds is 4. The summed E-state index contributed by atoms with van der Waals surface area (Å²) in [4.78, 5) is 15.3. The van der Waals surface area contributed by atoms with Crippen LogP contribution in [0.3, 0.4) is 0 Å². The van der Waals surface area contributed by atoms with Gasteiger partial charge in [0.15, 0.2) is 5.16 Å². The van der Waals surface area contributed by atoms with Gasteiger partial charge in [-0.15, -0.1) is 0 Å². The highest BCUT2D eigenvalue weighted by Gasteiger charge is 2.23. The van der Waals surface area contributed by atoms with Crippen LogP contribution in [0.2, 0.25) is 0 Å². The van der Waals surface area contributed by atoms with E-state index in [4.69, 9.17) is 5.11 Å². The summed E-state index contributed by atoms with van der Waals surface area (Å²) in [6, 6.07) is 3.61. The lowest BCUT2D eigenvalue weighted by molar-refractivity contribution is -0.133. The molecule has 1 aromatic carbocycles. The molecular formula is C15H17FN2O2S. The molecule has 0 saturated heterocycles. The maximum absolute atomic E-state index is 13.7. The third-order valence-corrected chi connectivity index (χ3v) is 4.89. The van der Waals surface area contributed by atoms with Crippen LogP contribution < -0.4 is 0 Å². The summed E-state index contributed by atoms with van der Waals surface area (Å²) in [7, 11) is 0. The summed E-state index contributed by atoms with van der Waals surface area (Å²) in [5.74, 6) is -1.17. The number of carbonyl (C=O) groups is 1. The third-order valence-electron chi connectivity index (χ3n) is 3.95. The Kier molecular flexibility index (Phi) is 3.89. The average molecular weight is 308 g/mol. The minimum atomic E-state index is -0.868. The number of imidazole rings is 1. The Labute approximate surface area is 126 Å². The van der Waals surface area contributed by atoms with Crippen molar-refractivity contribution in [3.8, 4) is 0 Å². The molecule has 0 aliphatic heterocycles. The van der Waals surface area contributed by atoms with Crippen molar-refractivity contribution in [3.63, 3.8) is 0 Å². The standard InChI is InChI=1S/C15H17FN2O2S/c1-9-6-13-12(7-11(9)16)17-15(21-8-14(19)20)18(13)10-4-2-3-5-10/h6-7,10H,2-5,8H2,1H3,(H,19,20). The normalized spacial score (nSPS) is 15.9. The van der Waals surface area contributed by atoms with Crippen LogP contribution in [0.5, 0.6) is 0 Å². The molecule has 1 aliphatic rings. The number of thioether (sulfide) groups is 1. The van der Waals surface area contributed by atoms with E-state index in [0.717, 1.165) is 18.4 Å². The van der Waals surface area contributed by atoms with Crippen molar-refractivity contribution in [1.29, 1.82) is 0 Å². The van der Waals surface area contributed by atoms with Crippen LogP contribution in [-0.4, -0.2) is 26.4 Å². The number of carboxylic acid groups (broad SMARTS) is 1. The Morgan fingerprint density at radius 1 is 1.48 bits per heavy atom. The van der Waals surface area contributed by atoms with Crippen LogP contribution in [0.25, 0.3) is 11.0 Å². The van der Waals surface area contributed by atoms with Crippen molar-refractivity contribution in [1.82, 2.24) is 9.55 Å². The van der Waals surface area contributed by atoms with Gasteiger partial charge < -0.3 is 9.67 Å². The van der Waals surface area contributed by atoms with Crippen molar-refractivity contribution in [2.45, 2.75) is 43.8 Å². The van der Waals surface area contributed by atoms with Crippen molar-refractivity contribution in [3.05, 3.63) is 23.5 Å². The van der Waals surface area contributed by atoms with Gasteiger partial charge in [-0.3, -0.25) is 4.79 Å². The van der Waals surface area contributed by atoms with Crippen LogP contribution in [0.15, 0.2) is 17.3 Å². The number of aromatic nitrogens is 2. The van der Waals surface area contributed by atoms with E-state index in [0.29, 0.717) is 22.3 Å². The molecule has 21 heavy (non-hydrogen) atoms. The highest BCUT2D eigenvalue weighted by atomic mass is 32.2. The second-order valence-corrected chi connectivity index (χ2v) is 6.42. The number of fused-ring (bicyclic) bond motifs is 1. The lowest BCUT2D eigenvalue weighted by atomic mass is 10.2. The Hall–Kier alpha value is -1.56. The Morgan fingerprint density at radius 2 is 2.19 bits per heavy atom. The van der Waals surface area contributed by atoms with Crippen LogP contribution in [0.1, 0.15) is 37.3 Å². The van der Waals surface area contributed by atoms with Crippen molar-refractivity contribution >= 4 is 28.8 Å². The zero-order valence-corrected chi connectivity index (χ0v) is 12.6. The fourth-order valence-electron chi connectivity index (χ4n) is 2.94. The predicted octanol–water partition coefficient (Wildman–Crippen LogP) is 3.78. The van der Waals surface area contributed by atoms with Gasteiger partial charge in [0.05, 0.1) is 16.8 Å². The minimum Gasteiger partial charge on any atom is -0.481 e. The van der Waals surface area contributed by atoms with Crippen LogP contribution in [0.4, 0.5) is 4.39 Å². The lowest BCUT2D eigenvalue weighted by Gasteiger charge is -2.15. The molecule has 1 fully saturated rings. The average Bonchev–Trinajstić information content (AvgIpc) is 3.04. The molecule has 1 aliphatic carbocycles. The molecule has 1 N–H and O–H groups in total. The second-order valence-electron chi connectivity index (χ2n) is 5.48. The van der Waals surface area contributed by atoms with Gasteiger partial charge in [-0.2, -0.15) is 0 Å². The molecule has 1 aromatic heterocycles. The molecule has 0 atom stereocenters. The number of aliphatic carboxylic acids is 1. The van der Waals surface area contributed by atoms with Crippen LogP contribution in [-0.2, 0) is 4.79 Å². The van der Waals surface area contributed by atoms with Gasteiger partial charge in [0.2, 0.25) is 0 Å². The summed E-state index contributed by atoms with van der Waals surface area (Å²) in [5, 5.41) is 9.56. The summed E-state index contributed by atoms with van der Waals surface area (Å²) < 4.78 is 15.8. The summed E-state index contributed by atoms with van der Waals surface area (Å²) in [6.45, 7) is 1.74. The Bertz CT molecular complexity index is 693. The molecule has 0 spiro atoms. The minimum absolute atomic E-state index is 0.0303. The molecule has 1 heterocycles. The summed E-state index contributed by atoms with van der Waals surface area (Å²) in [5.41, 5.74) is 2.11. The predicted molar refractivity (Wildman–Crippen MR) is 80.3 cm³/mol. The first-order valence-corrected chi connectivity index (χ1v) is 8.07. The molecular weight excluding hydrogens is 291 g/mol. The van der Waals surface area contributed by atoms with E-state index >= 15 is 0 Å². The zero-order valence-electron chi connectivity index (χ0n) is 11.8. The van der Waals surface area contributed by atoms with E-state index < -0.39 is 5.97 Å². The summed E-state index contributed by atoms with van der Waals surface area (Å²) in [6.07, 6.45) is 4.49. The lowest BCUT2D eigenvalue weighted by Crippen LogP contribution is -2.08. The Balaban J connectivity index is 2.10. The number of nitrogens with zero attached hydrogens (tertiary/aromatic N) is 2. The molecule has 2 aromatic rings. The third kappa shape index (κ3) is 2.77. The van der Waals surface area contributed by atoms with Gasteiger partial charge in [0.25, 0.3) is 0 Å². The summed E-state index contributed by atoms with van der Waals surface area (Å²) >= 11 is 1.21. The molecule has 3 rings (SSSR count). The molecule has 0 amide bonds. The SMILES string of the molecule is Cc1cc2c(cc1F)nc(SCC(=O)O)n2C1CCCC1. The number of benzene rings is 1. The first-order chi connectivity index (χ1) is 10.1. The van der Waals surface area contributed by atoms with Gasteiger partial charge in [-0.25, -0.2) is 9.37 Å². The highest BCUT2D eigenvalue weighted by molar-refractivity contribution is 7.99. The zero-order chi connectivity index (χ0) is 15.0. The van der Waals surface area contributed by atoms with E-state index in [1.54, 1.807) is 6.92 Å². The quantitative estimate of drug-likeness (QED) is 0.873. The molecule has 4 nitrogen and oxygen atoms in total. The van der Waals surface area contributed by atoms with E-state index in [1.165, 1.54) is 30.7 Å². The second kappa shape index (κ2) is 5.67. The fourth-order valence-corrected chi connectivity index (χ4v) is 3.74. The van der Waals surface area contributed by atoms with Gasteiger partial charge in [-0.05, 0) is 31.4 Å². The van der Waals surface area contributed by atoms with Gasteiger partial charge >= 0.3 is 5.97 Å². The van der Waals surface area contributed by atoms with E-state index in [2.05, 4.69) is 9.55 Å². The van der Waals surface area contributed by atoms with Gasteiger partial charge in [-0.1, -0.05) is 24.6 Å². The monoisotopic (exact) mass is 308 g/mol. The maximum Gasteiger partial charge on any atom is 0.313 e. The van der Waals surface area contributed by atoms with E-state index in [-0.39, 0.29) is 11.6 Å². The Morgan fingerprint density at radius 3 is 2.86 bits per heavy atom. The number of hydrogen-bond donors (Lipinski definition) is 1. The molecule has 0 bridgehead atoms. The largest absolute Gasteiger partial charge is 0.481 e.